The van der Waals surface area contributed by atoms with Gasteiger partial charge in [0.25, 0.3) is 0 Å². The van der Waals surface area contributed by atoms with E-state index in [1.54, 1.807) is 7.11 Å². The maximum Gasteiger partial charge on any atom is 0.121 e. The molecule has 0 aliphatic carbocycles. The highest BCUT2D eigenvalue weighted by Crippen LogP contribution is 2.31. The van der Waals surface area contributed by atoms with Gasteiger partial charge in [0, 0.05) is 41.0 Å². The normalized spacial score (nSPS) is 12.2. The Morgan fingerprint density at radius 3 is 2.36 bits per heavy atom. The van der Waals surface area contributed by atoms with Crippen molar-refractivity contribution in [2.75, 3.05) is 24.3 Å². The van der Waals surface area contributed by atoms with Gasteiger partial charge in [-0.25, -0.2) is 4.98 Å². The van der Waals surface area contributed by atoms with E-state index in [2.05, 4.69) is 65.0 Å². The Morgan fingerprint density at radius 1 is 0.909 bits per heavy atom. The van der Waals surface area contributed by atoms with Crippen LogP contribution in [0.3, 0.4) is 0 Å². The number of nitrogens with one attached hydrogen (secondary N) is 2. The lowest BCUT2D eigenvalue weighted by Gasteiger charge is -2.18. The Kier molecular flexibility index (Phi) is 5.94. The molecule has 166 valence electrons. The van der Waals surface area contributed by atoms with Crippen molar-refractivity contribution < 1.29 is 4.74 Å². The first kappa shape index (κ1) is 21.0. The first-order valence-electron chi connectivity index (χ1n) is 11.4. The molecule has 0 spiro atoms. The van der Waals surface area contributed by atoms with E-state index in [9.17, 15) is 0 Å². The second-order valence-electron chi connectivity index (χ2n) is 8.39. The van der Waals surface area contributed by atoms with Gasteiger partial charge in [-0.05, 0) is 44.0 Å². The average molecular weight is 437 g/mol. The average Bonchev–Trinajstić information content (AvgIpc) is 2.85. The minimum Gasteiger partial charge on any atom is -0.497 e. The van der Waals surface area contributed by atoms with Gasteiger partial charge in [-0.1, -0.05) is 42.5 Å². The number of para-hydroxylation sites is 2. The fourth-order valence-corrected chi connectivity index (χ4v) is 4.38. The zero-order chi connectivity index (χ0) is 22.6. The number of hydrogen-bond acceptors (Lipinski definition) is 5. The molecular formula is C28H28N4O. The van der Waals surface area contributed by atoms with Crippen molar-refractivity contribution in [3.63, 3.8) is 0 Å². The number of fused-ring (bicyclic) bond motifs is 3. The molecule has 2 N–H and O–H groups in total. The molecule has 0 aliphatic rings. The van der Waals surface area contributed by atoms with Crippen molar-refractivity contribution >= 4 is 44.1 Å². The Morgan fingerprint density at radius 2 is 1.64 bits per heavy atom. The summed E-state index contributed by atoms with van der Waals surface area (Å²) in [5, 5.41) is 10.7. The summed E-state index contributed by atoms with van der Waals surface area (Å²) in [5.41, 5.74) is 5.19. The summed E-state index contributed by atoms with van der Waals surface area (Å²) in [6, 6.07) is 25.0. The van der Waals surface area contributed by atoms with E-state index >= 15 is 0 Å². The van der Waals surface area contributed by atoms with Gasteiger partial charge in [0.2, 0.25) is 0 Å². The number of anilines is 2. The van der Waals surface area contributed by atoms with Crippen molar-refractivity contribution in [3.05, 3.63) is 79.0 Å². The first-order valence-corrected chi connectivity index (χ1v) is 11.4. The molecule has 0 saturated carbocycles. The number of nitrogens with zero attached hydrogens (tertiary/aromatic N) is 2. The molecule has 0 aliphatic heterocycles. The Labute approximate surface area is 193 Å². The van der Waals surface area contributed by atoms with Crippen molar-refractivity contribution in [3.8, 4) is 5.75 Å². The summed E-state index contributed by atoms with van der Waals surface area (Å²) in [6.07, 6.45) is 3.89. The molecule has 5 rings (SSSR count). The number of rotatable bonds is 8. The van der Waals surface area contributed by atoms with Crippen LogP contribution in [0.15, 0.2) is 79.0 Å². The summed E-state index contributed by atoms with van der Waals surface area (Å²) >= 11 is 0. The lowest BCUT2D eigenvalue weighted by molar-refractivity contribution is 0.415. The smallest absolute Gasteiger partial charge is 0.121 e. The SMILES string of the molecule is COc1cc(N[C@H](C)CCCNc2c3ccccc3nc3ccccc23)c2ncccc2c1. The van der Waals surface area contributed by atoms with Gasteiger partial charge in [0.15, 0.2) is 0 Å². The van der Waals surface area contributed by atoms with E-state index in [0.717, 1.165) is 63.5 Å². The summed E-state index contributed by atoms with van der Waals surface area (Å²) in [4.78, 5) is 9.38. The quantitative estimate of drug-likeness (QED) is 0.211. The Balaban J connectivity index is 1.28. The molecule has 0 saturated heterocycles. The maximum absolute atomic E-state index is 5.48. The number of aromatic nitrogens is 2. The molecule has 0 bridgehead atoms. The molecule has 2 aromatic heterocycles. The molecule has 0 unspecified atom stereocenters. The van der Waals surface area contributed by atoms with E-state index in [1.165, 1.54) is 5.69 Å². The predicted molar refractivity (Wildman–Crippen MR) is 138 cm³/mol. The molecule has 2 heterocycles. The van der Waals surface area contributed by atoms with Crippen LogP contribution in [-0.2, 0) is 0 Å². The third-order valence-corrected chi connectivity index (χ3v) is 6.02. The van der Waals surface area contributed by atoms with E-state index in [1.807, 2.05) is 36.5 Å². The number of hydrogen-bond donors (Lipinski definition) is 2. The number of benzene rings is 3. The Hall–Kier alpha value is -3.86. The molecule has 5 heteroatoms. The molecule has 1 atom stereocenters. The zero-order valence-electron chi connectivity index (χ0n) is 19.0. The molecule has 0 fully saturated rings. The number of pyridine rings is 2. The fourth-order valence-electron chi connectivity index (χ4n) is 4.38. The van der Waals surface area contributed by atoms with E-state index < -0.39 is 0 Å². The van der Waals surface area contributed by atoms with Gasteiger partial charge < -0.3 is 15.4 Å². The van der Waals surface area contributed by atoms with Gasteiger partial charge in [-0.15, -0.1) is 0 Å². The minimum absolute atomic E-state index is 0.301. The van der Waals surface area contributed by atoms with Crippen molar-refractivity contribution in [1.82, 2.24) is 9.97 Å². The second-order valence-corrected chi connectivity index (χ2v) is 8.39. The molecule has 5 nitrogen and oxygen atoms in total. The molecule has 3 aromatic carbocycles. The fraction of sp³-hybridized carbons (Fsp3) is 0.214. The molecule has 5 aromatic rings. The van der Waals surface area contributed by atoms with E-state index in [-0.39, 0.29) is 0 Å². The lowest BCUT2D eigenvalue weighted by atomic mass is 10.1. The third kappa shape index (κ3) is 4.40. The van der Waals surface area contributed by atoms with E-state index in [0.29, 0.717) is 6.04 Å². The van der Waals surface area contributed by atoms with Crippen LogP contribution in [0.4, 0.5) is 11.4 Å². The summed E-state index contributed by atoms with van der Waals surface area (Å²) < 4.78 is 5.48. The van der Waals surface area contributed by atoms with Crippen LogP contribution in [-0.4, -0.2) is 29.7 Å². The highest BCUT2D eigenvalue weighted by molar-refractivity contribution is 6.07. The standard InChI is InChI=1S/C28H28N4O/c1-19(31-26-18-21(33-2)17-20-10-8-16-29-27(20)26)9-7-15-30-28-22-11-3-5-13-24(22)32-25-14-6-4-12-23(25)28/h3-6,8,10-14,16-19,31H,7,9,15H2,1-2H3,(H,30,32)/t19-/m1/s1. The minimum atomic E-state index is 0.301. The van der Waals surface area contributed by atoms with Gasteiger partial charge in [0.05, 0.1) is 35.0 Å². The van der Waals surface area contributed by atoms with Crippen molar-refractivity contribution in [1.29, 1.82) is 0 Å². The van der Waals surface area contributed by atoms with Crippen molar-refractivity contribution in [2.24, 2.45) is 0 Å². The third-order valence-electron chi connectivity index (χ3n) is 6.02. The first-order chi connectivity index (χ1) is 16.2. The topological polar surface area (TPSA) is 59.1 Å². The molecular weight excluding hydrogens is 408 g/mol. The molecule has 33 heavy (non-hydrogen) atoms. The van der Waals surface area contributed by atoms with Gasteiger partial charge >= 0.3 is 0 Å². The zero-order valence-corrected chi connectivity index (χ0v) is 19.0. The highest BCUT2D eigenvalue weighted by Gasteiger charge is 2.11. The van der Waals surface area contributed by atoms with Crippen LogP contribution in [0.5, 0.6) is 5.75 Å². The second kappa shape index (κ2) is 9.33. The van der Waals surface area contributed by atoms with Crippen LogP contribution >= 0.6 is 0 Å². The van der Waals surface area contributed by atoms with Crippen molar-refractivity contribution in [2.45, 2.75) is 25.8 Å². The van der Waals surface area contributed by atoms with Gasteiger partial charge in [-0.2, -0.15) is 0 Å². The molecule has 0 radical (unpaired) electrons. The summed E-state index contributed by atoms with van der Waals surface area (Å²) in [6.45, 7) is 3.10. The predicted octanol–water partition coefficient (Wildman–Crippen LogP) is 6.64. The summed E-state index contributed by atoms with van der Waals surface area (Å²) in [7, 11) is 1.70. The number of methoxy groups -OCH3 is 1. The number of ether oxygens (including phenoxy) is 1. The molecule has 0 amide bonds. The van der Waals surface area contributed by atoms with Crippen LogP contribution in [0.2, 0.25) is 0 Å². The van der Waals surface area contributed by atoms with Crippen LogP contribution in [0.25, 0.3) is 32.7 Å². The van der Waals surface area contributed by atoms with Gasteiger partial charge in [-0.3, -0.25) is 4.98 Å². The maximum atomic E-state index is 5.48. The monoisotopic (exact) mass is 436 g/mol. The van der Waals surface area contributed by atoms with Crippen LogP contribution < -0.4 is 15.4 Å². The Bertz CT molecular complexity index is 1360. The van der Waals surface area contributed by atoms with Gasteiger partial charge in [0.1, 0.15) is 5.75 Å². The lowest BCUT2D eigenvalue weighted by Crippen LogP contribution is -2.17. The summed E-state index contributed by atoms with van der Waals surface area (Å²) in [5.74, 6) is 0.836. The van der Waals surface area contributed by atoms with E-state index in [4.69, 9.17) is 9.72 Å². The van der Waals surface area contributed by atoms with Crippen LogP contribution in [0, 0.1) is 0 Å². The largest absolute Gasteiger partial charge is 0.497 e. The van der Waals surface area contributed by atoms with Crippen LogP contribution in [0.1, 0.15) is 19.8 Å². The highest BCUT2D eigenvalue weighted by atomic mass is 16.5.